The zero-order chi connectivity index (χ0) is 60.6. The maximum Gasteiger partial charge on any atom is 0.472 e. The summed E-state index contributed by atoms with van der Waals surface area (Å²) < 4.78 is 67.7. The normalized spacial score (nSPS) is 14.3. The largest absolute Gasteiger partial charge is 0.472 e. The zero-order valence-electron chi connectivity index (χ0n) is 52.6. The molecule has 5 atom stereocenters. The zero-order valence-corrected chi connectivity index (χ0v) is 54.4. The number of ether oxygens (including phenoxy) is 4. The van der Waals surface area contributed by atoms with E-state index in [-0.39, 0.29) is 25.7 Å². The van der Waals surface area contributed by atoms with Crippen molar-refractivity contribution < 1.29 is 80.2 Å². The van der Waals surface area contributed by atoms with Crippen LogP contribution in [-0.4, -0.2) is 96.7 Å². The highest BCUT2D eigenvalue weighted by molar-refractivity contribution is 7.47. The number of aliphatic hydroxyl groups is 1. The first kappa shape index (κ1) is 80.1. The van der Waals surface area contributed by atoms with E-state index in [9.17, 15) is 43.2 Å². The van der Waals surface area contributed by atoms with Gasteiger partial charge in [-0.05, 0) is 31.6 Å². The van der Waals surface area contributed by atoms with Crippen molar-refractivity contribution in [3.63, 3.8) is 0 Å². The number of rotatable bonds is 63. The Bertz CT molecular complexity index is 1600. The molecule has 17 nitrogen and oxygen atoms in total. The lowest BCUT2D eigenvalue weighted by molar-refractivity contribution is -0.161. The van der Waals surface area contributed by atoms with Crippen LogP contribution in [-0.2, 0) is 65.4 Å². The number of esters is 4. The van der Waals surface area contributed by atoms with E-state index in [2.05, 4.69) is 34.6 Å². The average molecular weight is 1210 g/mol. The number of unbranched alkanes of at least 4 members (excludes halogenated alkanes) is 35. The molecular weight excluding hydrogens is 1090 g/mol. The molecule has 0 heterocycles. The quantitative estimate of drug-likeness (QED) is 0.0222. The molecule has 19 heteroatoms. The van der Waals surface area contributed by atoms with Gasteiger partial charge in [-0.2, -0.15) is 0 Å². The van der Waals surface area contributed by atoms with Gasteiger partial charge in [0.2, 0.25) is 0 Å². The van der Waals surface area contributed by atoms with Crippen LogP contribution in [0.2, 0.25) is 0 Å². The van der Waals surface area contributed by atoms with Crippen molar-refractivity contribution >= 4 is 39.5 Å². The van der Waals surface area contributed by atoms with E-state index < -0.39 is 97.5 Å². The number of phosphoric ester groups is 2. The summed E-state index contributed by atoms with van der Waals surface area (Å²) in [6.07, 6.45) is 40.8. The molecule has 0 radical (unpaired) electrons. The summed E-state index contributed by atoms with van der Waals surface area (Å²) in [6, 6.07) is 0. The number of hydrogen-bond donors (Lipinski definition) is 3. The first-order valence-electron chi connectivity index (χ1n) is 33.1. The van der Waals surface area contributed by atoms with Gasteiger partial charge < -0.3 is 33.8 Å². The van der Waals surface area contributed by atoms with Gasteiger partial charge in [0.15, 0.2) is 12.2 Å². The van der Waals surface area contributed by atoms with Crippen LogP contribution in [0.1, 0.15) is 317 Å². The van der Waals surface area contributed by atoms with Crippen molar-refractivity contribution in [2.45, 2.75) is 335 Å². The molecular formula is C63H122O17P2. The molecule has 0 fully saturated rings. The van der Waals surface area contributed by atoms with Crippen molar-refractivity contribution in [2.75, 3.05) is 39.6 Å². The molecule has 0 rings (SSSR count). The second-order valence-corrected chi connectivity index (χ2v) is 26.2. The van der Waals surface area contributed by atoms with Crippen LogP contribution >= 0.6 is 15.6 Å². The minimum atomic E-state index is -4.94. The molecule has 0 aromatic carbocycles. The molecule has 486 valence electrons. The van der Waals surface area contributed by atoms with Crippen LogP contribution in [0.15, 0.2) is 0 Å². The smallest absolute Gasteiger partial charge is 0.462 e. The van der Waals surface area contributed by atoms with E-state index in [4.69, 9.17) is 37.0 Å². The Labute approximate surface area is 498 Å². The van der Waals surface area contributed by atoms with Crippen LogP contribution in [0.3, 0.4) is 0 Å². The molecule has 3 N–H and O–H groups in total. The molecule has 2 unspecified atom stereocenters. The summed E-state index contributed by atoms with van der Waals surface area (Å²) >= 11 is 0. The van der Waals surface area contributed by atoms with Crippen LogP contribution in [0.5, 0.6) is 0 Å². The molecule has 0 aliphatic rings. The van der Waals surface area contributed by atoms with Crippen molar-refractivity contribution in [1.82, 2.24) is 0 Å². The molecule has 0 amide bonds. The number of carbonyl (C=O) groups excluding carboxylic acids is 4. The van der Waals surface area contributed by atoms with Gasteiger partial charge in [0.05, 0.1) is 26.4 Å². The van der Waals surface area contributed by atoms with E-state index in [1.165, 1.54) is 135 Å². The summed E-state index contributed by atoms with van der Waals surface area (Å²) in [5.74, 6) is -1.48. The Morgan fingerprint density at radius 2 is 0.561 bits per heavy atom. The Morgan fingerprint density at radius 1 is 0.329 bits per heavy atom. The van der Waals surface area contributed by atoms with Gasteiger partial charge in [-0.1, -0.05) is 266 Å². The van der Waals surface area contributed by atoms with Crippen molar-refractivity contribution in [2.24, 2.45) is 5.92 Å². The van der Waals surface area contributed by atoms with E-state index in [1.807, 2.05) is 0 Å². The average Bonchev–Trinajstić information content (AvgIpc) is 3.44. The van der Waals surface area contributed by atoms with Crippen LogP contribution in [0.25, 0.3) is 0 Å². The summed E-state index contributed by atoms with van der Waals surface area (Å²) in [6.45, 7) is 7.01. The predicted octanol–water partition coefficient (Wildman–Crippen LogP) is 17.4. The number of aliphatic hydroxyl groups excluding tert-OH is 1. The minimum Gasteiger partial charge on any atom is -0.462 e. The SMILES string of the molecule is CCCCCCCCCCCCCCCCCC(=O)O[C@H](COC(=O)CCCCCCCCCCCCCCC)COP(=O)(O)OC[C@@H](O)COP(=O)(O)OC[C@@H](COC(=O)CCCCCCC)OC(=O)CCCCCCCCC(C)C. The fraction of sp³-hybridized carbons (Fsp3) is 0.937. The topological polar surface area (TPSA) is 237 Å². The lowest BCUT2D eigenvalue weighted by Crippen LogP contribution is -2.30. The van der Waals surface area contributed by atoms with Crippen molar-refractivity contribution in [1.29, 1.82) is 0 Å². The lowest BCUT2D eigenvalue weighted by Gasteiger charge is -2.21. The Kier molecular flexibility index (Phi) is 55.5. The van der Waals surface area contributed by atoms with Gasteiger partial charge in [0.1, 0.15) is 19.3 Å². The van der Waals surface area contributed by atoms with Crippen molar-refractivity contribution in [3.8, 4) is 0 Å². The van der Waals surface area contributed by atoms with Crippen LogP contribution in [0.4, 0.5) is 0 Å². The summed E-state index contributed by atoms with van der Waals surface area (Å²) in [7, 11) is -9.87. The van der Waals surface area contributed by atoms with Crippen LogP contribution < -0.4 is 0 Å². The van der Waals surface area contributed by atoms with Gasteiger partial charge in [-0.25, -0.2) is 9.13 Å². The lowest BCUT2D eigenvalue weighted by atomic mass is 10.0. The van der Waals surface area contributed by atoms with Gasteiger partial charge in [0.25, 0.3) is 0 Å². The molecule has 0 bridgehead atoms. The summed E-state index contributed by atoms with van der Waals surface area (Å²) in [5.41, 5.74) is 0. The number of carbonyl (C=O) groups is 4. The third kappa shape index (κ3) is 57.2. The minimum absolute atomic E-state index is 0.101. The third-order valence-corrected chi connectivity index (χ3v) is 16.4. The molecule has 0 aliphatic heterocycles. The first-order chi connectivity index (χ1) is 39.5. The Hall–Kier alpha value is -1.94. The summed E-state index contributed by atoms with van der Waals surface area (Å²) in [4.78, 5) is 71.9. The highest BCUT2D eigenvalue weighted by Gasteiger charge is 2.30. The molecule has 0 saturated carbocycles. The van der Waals surface area contributed by atoms with Crippen LogP contribution in [0, 0.1) is 5.92 Å². The number of phosphoric acid groups is 2. The molecule has 0 saturated heterocycles. The number of hydrogen-bond acceptors (Lipinski definition) is 15. The van der Waals surface area contributed by atoms with Gasteiger partial charge in [-0.15, -0.1) is 0 Å². The standard InChI is InChI=1S/C63H122O17P2/c1-6-9-12-15-17-19-21-23-24-26-28-30-32-38-43-48-62(67)79-59(53-74-61(66)47-42-37-31-29-27-25-22-20-18-16-13-10-7-2)55-78-82(71,72)76-51-57(64)50-75-81(69,70)77-54-58(52-73-60(65)46-41-35-14-11-8-3)80-63(68)49-44-39-34-33-36-40-45-56(4)5/h56-59,64H,6-55H2,1-5H3,(H,69,70)(H,71,72)/t57-,58+,59+/m0/s1. The monoisotopic (exact) mass is 1210 g/mol. The van der Waals surface area contributed by atoms with Gasteiger partial charge >= 0.3 is 39.5 Å². The van der Waals surface area contributed by atoms with E-state index in [1.54, 1.807) is 0 Å². The predicted molar refractivity (Wildman–Crippen MR) is 326 cm³/mol. The maximum absolute atomic E-state index is 13.0. The van der Waals surface area contributed by atoms with Gasteiger partial charge in [-0.3, -0.25) is 37.3 Å². The molecule has 82 heavy (non-hydrogen) atoms. The van der Waals surface area contributed by atoms with E-state index in [0.29, 0.717) is 31.6 Å². The highest BCUT2D eigenvalue weighted by Crippen LogP contribution is 2.45. The summed E-state index contributed by atoms with van der Waals surface area (Å²) in [5, 5.41) is 10.5. The fourth-order valence-corrected chi connectivity index (χ4v) is 11.0. The van der Waals surface area contributed by atoms with Gasteiger partial charge in [0, 0.05) is 25.7 Å². The van der Waals surface area contributed by atoms with E-state index in [0.717, 1.165) is 96.3 Å². The Morgan fingerprint density at radius 3 is 0.829 bits per heavy atom. The molecule has 0 spiro atoms. The first-order valence-corrected chi connectivity index (χ1v) is 36.1. The molecule has 0 aromatic rings. The fourth-order valence-electron chi connectivity index (χ4n) is 9.41. The Balaban J connectivity index is 5.17. The molecule has 0 aromatic heterocycles. The maximum atomic E-state index is 13.0. The second-order valence-electron chi connectivity index (χ2n) is 23.3. The van der Waals surface area contributed by atoms with E-state index >= 15 is 0 Å². The highest BCUT2D eigenvalue weighted by atomic mass is 31.2. The van der Waals surface area contributed by atoms with Crippen molar-refractivity contribution in [3.05, 3.63) is 0 Å². The molecule has 0 aliphatic carbocycles. The third-order valence-electron chi connectivity index (χ3n) is 14.5. The second kappa shape index (κ2) is 56.8.